The third kappa shape index (κ3) is 3.04. The maximum absolute atomic E-state index is 4.91. The first-order chi connectivity index (χ1) is 17.5. The van der Waals surface area contributed by atoms with E-state index in [0.717, 1.165) is 60.8 Å². The zero-order valence-corrected chi connectivity index (χ0v) is 20.7. The third-order valence-electron chi connectivity index (χ3n) is 7.21. The van der Waals surface area contributed by atoms with Crippen LogP contribution in [0, 0.1) is 0 Å². The van der Waals surface area contributed by atoms with Crippen LogP contribution in [0.2, 0.25) is 0 Å². The van der Waals surface area contributed by atoms with Crippen LogP contribution in [-0.2, 0) is 0 Å². The van der Waals surface area contributed by atoms with Gasteiger partial charge in [0.1, 0.15) is 11.6 Å². The second-order valence-corrected chi connectivity index (χ2v) is 10.2. The van der Waals surface area contributed by atoms with E-state index in [2.05, 4.69) is 96.4 Å². The monoisotopic (exact) mass is 470 g/mol. The molecule has 6 nitrogen and oxygen atoms in total. The smallest absolute Gasteiger partial charge is 0.109 e. The van der Waals surface area contributed by atoms with Gasteiger partial charge in [-0.15, -0.1) is 0 Å². The van der Waals surface area contributed by atoms with Crippen LogP contribution in [0.5, 0.6) is 0 Å². The number of H-pyrrole nitrogens is 2. The lowest BCUT2D eigenvalue weighted by Crippen LogP contribution is -1.88. The van der Waals surface area contributed by atoms with Crippen LogP contribution in [0.4, 0.5) is 0 Å². The molecule has 0 amide bonds. The third-order valence-corrected chi connectivity index (χ3v) is 7.21. The van der Waals surface area contributed by atoms with Gasteiger partial charge in [0.05, 0.1) is 34.5 Å². The van der Waals surface area contributed by atoms with Gasteiger partial charge < -0.3 is 9.97 Å². The minimum atomic E-state index is 0.312. The van der Waals surface area contributed by atoms with E-state index in [1.807, 2.05) is 12.4 Å². The summed E-state index contributed by atoms with van der Waals surface area (Å²) in [4.78, 5) is 16.8. The topological polar surface area (TPSA) is 83.1 Å². The molecule has 0 saturated carbocycles. The fourth-order valence-electron chi connectivity index (χ4n) is 5.23. The van der Waals surface area contributed by atoms with Gasteiger partial charge in [0.15, 0.2) is 0 Å². The van der Waals surface area contributed by atoms with Gasteiger partial charge in [0, 0.05) is 33.4 Å². The lowest BCUT2D eigenvalue weighted by Gasteiger charge is -2.09. The summed E-state index contributed by atoms with van der Waals surface area (Å²) in [5.41, 5.74) is 6.48. The van der Waals surface area contributed by atoms with E-state index in [9.17, 15) is 0 Å². The van der Waals surface area contributed by atoms with Gasteiger partial charge in [-0.2, -0.15) is 10.2 Å². The van der Waals surface area contributed by atoms with E-state index in [1.54, 1.807) is 0 Å². The van der Waals surface area contributed by atoms with Crippen molar-refractivity contribution in [2.24, 2.45) is 0 Å². The predicted octanol–water partition coefficient (Wildman–Crippen LogP) is 7.60. The highest BCUT2D eigenvalue weighted by atomic mass is 15.1. The minimum Gasteiger partial charge on any atom is -0.341 e. The van der Waals surface area contributed by atoms with Gasteiger partial charge in [-0.05, 0) is 40.1 Å². The van der Waals surface area contributed by atoms with E-state index in [-0.39, 0.29) is 0 Å². The molecule has 0 unspecified atom stereocenters. The molecule has 0 aliphatic carbocycles. The summed E-state index contributed by atoms with van der Waals surface area (Å²) in [6.07, 6.45) is 3.68. The maximum atomic E-state index is 4.91. The van der Waals surface area contributed by atoms with E-state index < -0.39 is 0 Å². The van der Waals surface area contributed by atoms with Crippen molar-refractivity contribution in [2.45, 2.75) is 39.5 Å². The second-order valence-electron chi connectivity index (χ2n) is 10.2. The van der Waals surface area contributed by atoms with Crippen molar-refractivity contribution in [1.29, 1.82) is 0 Å². The fourth-order valence-corrected chi connectivity index (χ4v) is 5.23. The molecule has 0 radical (unpaired) electrons. The molecule has 0 atom stereocenters. The molecule has 3 heterocycles. The Kier molecular flexibility index (Phi) is 4.43. The number of nitrogens with one attached hydrogen (secondary N) is 2. The van der Waals surface area contributed by atoms with Crippen molar-refractivity contribution >= 4 is 54.4 Å². The zero-order valence-electron chi connectivity index (χ0n) is 20.7. The normalized spacial score (nSPS) is 12.4. The van der Waals surface area contributed by atoms with Crippen molar-refractivity contribution in [1.82, 2.24) is 30.1 Å². The van der Waals surface area contributed by atoms with E-state index in [4.69, 9.17) is 9.97 Å². The zero-order chi connectivity index (χ0) is 24.6. The number of nitrogens with zero attached hydrogens (tertiary/aromatic N) is 4. The summed E-state index contributed by atoms with van der Waals surface area (Å²) in [7, 11) is 0. The molecule has 176 valence electrons. The summed E-state index contributed by atoms with van der Waals surface area (Å²) in [6, 6.07) is 17.6. The summed E-state index contributed by atoms with van der Waals surface area (Å²) in [5.74, 6) is 2.69. The van der Waals surface area contributed by atoms with Crippen LogP contribution in [0.25, 0.3) is 65.5 Å². The second kappa shape index (κ2) is 7.59. The molecule has 6 heteroatoms. The Morgan fingerprint density at radius 2 is 1.25 bits per heavy atom. The van der Waals surface area contributed by atoms with Crippen molar-refractivity contribution in [3.05, 3.63) is 72.6 Å². The van der Waals surface area contributed by atoms with E-state index in [0.29, 0.717) is 11.8 Å². The number of fused-ring (bicyclic) bond motifs is 9. The average Bonchev–Trinajstić information content (AvgIpc) is 3.54. The number of hydrogen-bond donors (Lipinski definition) is 2. The van der Waals surface area contributed by atoms with E-state index in [1.165, 1.54) is 16.3 Å². The van der Waals surface area contributed by atoms with Crippen LogP contribution in [0.15, 0.2) is 60.9 Å². The first-order valence-corrected chi connectivity index (χ1v) is 12.5. The highest BCUT2D eigenvalue weighted by Gasteiger charge is 2.16. The Morgan fingerprint density at radius 3 is 2.03 bits per heavy atom. The quantitative estimate of drug-likeness (QED) is 0.260. The average molecular weight is 471 g/mol. The molecule has 7 rings (SSSR count). The largest absolute Gasteiger partial charge is 0.341 e. The molecular weight excluding hydrogens is 444 g/mol. The van der Waals surface area contributed by atoms with Crippen LogP contribution in [0.3, 0.4) is 0 Å². The molecule has 7 aromatic rings. The van der Waals surface area contributed by atoms with Crippen molar-refractivity contribution in [3.8, 4) is 11.1 Å². The Balaban J connectivity index is 1.45. The molecule has 0 bridgehead atoms. The number of aromatic amines is 2. The van der Waals surface area contributed by atoms with Gasteiger partial charge >= 0.3 is 0 Å². The molecule has 3 aromatic heterocycles. The van der Waals surface area contributed by atoms with E-state index >= 15 is 0 Å². The summed E-state index contributed by atoms with van der Waals surface area (Å²) < 4.78 is 0. The number of imidazole rings is 2. The van der Waals surface area contributed by atoms with Gasteiger partial charge in [0.2, 0.25) is 0 Å². The van der Waals surface area contributed by atoms with Crippen LogP contribution in [-0.4, -0.2) is 30.1 Å². The Labute approximate surface area is 207 Å². The van der Waals surface area contributed by atoms with Crippen LogP contribution < -0.4 is 0 Å². The van der Waals surface area contributed by atoms with Crippen molar-refractivity contribution < 1.29 is 0 Å². The SMILES string of the molecule is CC(C)c1nc2ccc3cc(-c4ccc5c(c4)c4cnncc4c4nc(C(C)C)[nH]c54)ccc3c2[nH]1. The molecule has 4 aromatic carbocycles. The van der Waals surface area contributed by atoms with Gasteiger partial charge in [-0.25, -0.2) is 9.97 Å². The fraction of sp³-hybridized carbons (Fsp3) is 0.200. The summed E-state index contributed by atoms with van der Waals surface area (Å²) >= 11 is 0. The van der Waals surface area contributed by atoms with Gasteiger partial charge in [-0.3, -0.25) is 0 Å². The van der Waals surface area contributed by atoms with Crippen LogP contribution >= 0.6 is 0 Å². The molecule has 36 heavy (non-hydrogen) atoms. The number of rotatable bonds is 3. The highest BCUT2D eigenvalue weighted by molar-refractivity contribution is 6.23. The molecular formula is C30H26N6. The molecule has 0 fully saturated rings. The molecule has 2 N–H and O–H groups in total. The Bertz CT molecular complexity index is 1960. The lowest BCUT2D eigenvalue weighted by molar-refractivity contribution is 0.799. The molecule has 0 aliphatic heterocycles. The lowest BCUT2D eigenvalue weighted by atomic mass is 9.95. The molecule has 0 spiro atoms. The Morgan fingerprint density at radius 1 is 0.583 bits per heavy atom. The van der Waals surface area contributed by atoms with Crippen molar-refractivity contribution in [2.75, 3.05) is 0 Å². The first-order valence-electron chi connectivity index (χ1n) is 12.5. The number of aromatic nitrogens is 6. The summed E-state index contributed by atoms with van der Waals surface area (Å²) in [5, 5.41) is 15.1. The molecule has 0 aliphatic rings. The maximum Gasteiger partial charge on any atom is 0.109 e. The Hall–Kier alpha value is -4.32. The van der Waals surface area contributed by atoms with Crippen LogP contribution in [0.1, 0.15) is 51.2 Å². The number of benzene rings is 4. The first kappa shape index (κ1) is 21.0. The highest BCUT2D eigenvalue weighted by Crippen LogP contribution is 2.37. The van der Waals surface area contributed by atoms with Crippen molar-refractivity contribution in [3.63, 3.8) is 0 Å². The minimum absolute atomic E-state index is 0.312. The predicted molar refractivity (Wildman–Crippen MR) is 147 cm³/mol. The van der Waals surface area contributed by atoms with Gasteiger partial charge in [-0.1, -0.05) is 58.0 Å². The van der Waals surface area contributed by atoms with Gasteiger partial charge in [0.25, 0.3) is 0 Å². The summed E-state index contributed by atoms with van der Waals surface area (Å²) in [6.45, 7) is 8.63. The standard InChI is InChI=1S/C30H26N6/c1-15(2)29-33-25-10-7-19-11-17(5-8-20(19)26(25)34-29)18-6-9-21-22(12-18)23-13-31-32-14-24(23)28-27(21)35-30(36-28)16(3)4/h5-16H,1-4H3,(H,33,34)(H,35,36). The molecule has 0 saturated heterocycles. The number of hydrogen-bond acceptors (Lipinski definition) is 4.